The van der Waals surface area contributed by atoms with Crippen LogP contribution in [0.5, 0.6) is 0 Å². The first-order valence-electron chi connectivity index (χ1n) is 8.20. The van der Waals surface area contributed by atoms with Crippen LogP contribution in [0, 0.1) is 6.92 Å². The summed E-state index contributed by atoms with van der Waals surface area (Å²) in [5, 5.41) is 2.40. The average molecular weight is 366 g/mol. The second kappa shape index (κ2) is 8.01. The van der Waals surface area contributed by atoms with E-state index in [2.05, 4.69) is 5.32 Å². The van der Waals surface area contributed by atoms with Crippen molar-refractivity contribution in [1.29, 1.82) is 0 Å². The third-order valence-electron chi connectivity index (χ3n) is 3.87. The van der Waals surface area contributed by atoms with Crippen LogP contribution in [0.3, 0.4) is 0 Å². The molecule has 0 bridgehead atoms. The van der Waals surface area contributed by atoms with E-state index in [1.807, 2.05) is 49.4 Å². The van der Waals surface area contributed by atoms with Crippen LogP contribution in [-0.4, -0.2) is 28.5 Å². The number of thioether (sulfide) groups is 1. The van der Waals surface area contributed by atoms with Crippen LogP contribution < -0.4 is 5.32 Å². The van der Waals surface area contributed by atoms with E-state index in [1.54, 1.807) is 18.2 Å². The van der Waals surface area contributed by atoms with Crippen molar-refractivity contribution in [2.75, 3.05) is 11.9 Å². The van der Waals surface area contributed by atoms with Crippen molar-refractivity contribution in [3.8, 4) is 0 Å². The summed E-state index contributed by atoms with van der Waals surface area (Å²) in [6, 6.07) is 16.8. The van der Waals surface area contributed by atoms with E-state index in [-0.39, 0.29) is 30.0 Å². The Balaban J connectivity index is 1.60. The van der Waals surface area contributed by atoms with Crippen molar-refractivity contribution >= 4 is 40.6 Å². The van der Waals surface area contributed by atoms with Crippen LogP contribution in [0.2, 0.25) is 0 Å². The molecule has 1 saturated heterocycles. The fraction of sp³-hybridized carbons (Fsp3) is 0.150. The van der Waals surface area contributed by atoms with Crippen LogP contribution in [0.25, 0.3) is 6.08 Å². The number of anilines is 1. The summed E-state index contributed by atoms with van der Waals surface area (Å²) in [5.74, 6) is -0.592. The van der Waals surface area contributed by atoms with Crippen LogP contribution in [0.15, 0.2) is 59.5 Å². The van der Waals surface area contributed by atoms with Gasteiger partial charge in [0.05, 0.1) is 4.91 Å². The second-order valence-corrected chi connectivity index (χ2v) is 6.90. The van der Waals surface area contributed by atoms with Crippen LogP contribution in [0.1, 0.15) is 17.5 Å². The Morgan fingerprint density at radius 1 is 1.08 bits per heavy atom. The second-order valence-electron chi connectivity index (χ2n) is 5.91. The number of hydrogen-bond acceptors (Lipinski definition) is 4. The molecule has 1 aliphatic rings. The summed E-state index contributed by atoms with van der Waals surface area (Å²) in [6.07, 6.45) is 1.76. The lowest BCUT2D eigenvalue weighted by molar-refractivity contribution is -0.123. The smallest absolute Gasteiger partial charge is 0.293 e. The largest absolute Gasteiger partial charge is 0.326 e. The molecule has 0 aromatic heterocycles. The number of amides is 3. The summed E-state index contributed by atoms with van der Waals surface area (Å²) < 4.78 is 0. The van der Waals surface area contributed by atoms with Gasteiger partial charge >= 0.3 is 0 Å². The number of nitrogens with one attached hydrogen (secondary N) is 1. The first kappa shape index (κ1) is 17.9. The third-order valence-corrected chi connectivity index (χ3v) is 4.78. The highest BCUT2D eigenvalue weighted by Crippen LogP contribution is 2.32. The molecule has 0 radical (unpaired) electrons. The number of rotatable bonds is 5. The minimum atomic E-state index is -0.354. The predicted octanol–water partition coefficient (Wildman–Crippen LogP) is 4.06. The van der Waals surface area contributed by atoms with E-state index < -0.39 is 0 Å². The van der Waals surface area contributed by atoms with Gasteiger partial charge in [0, 0.05) is 18.7 Å². The number of nitrogens with zero attached hydrogens (tertiary/aromatic N) is 1. The normalized spacial score (nSPS) is 15.6. The third kappa shape index (κ3) is 4.40. The number of hydrogen-bond donors (Lipinski definition) is 1. The minimum Gasteiger partial charge on any atom is -0.326 e. The zero-order chi connectivity index (χ0) is 18.5. The molecule has 1 fully saturated rings. The molecule has 0 unspecified atom stereocenters. The highest BCUT2D eigenvalue weighted by atomic mass is 32.2. The Hall–Kier alpha value is -2.86. The maximum atomic E-state index is 12.4. The molecular formula is C20H18N2O3S. The first-order chi connectivity index (χ1) is 12.5. The molecule has 2 aromatic rings. The SMILES string of the molecule is Cc1ccc(/C=C2\SC(=O)N(CCC(=O)Nc3ccccc3)C2=O)cc1. The lowest BCUT2D eigenvalue weighted by atomic mass is 10.1. The summed E-state index contributed by atoms with van der Waals surface area (Å²) in [6.45, 7) is 2.05. The Bertz CT molecular complexity index is 860. The Morgan fingerprint density at radius 2 is 1.77 bits per heavy atom. The molecule has 0 spiro atoms. The van der Waals surface area contributed by atoms with Gasteiger partial charge in [-0.15, -0.1) is 0 Å². The van der Waals surface area contributed by atoms with Crippen LogP contribution >= 0.6 is 11.8 Å². The van der Waals surface area contributed by atoms with Gasteiger partial charge in [0.25, 0.3) is 11.1 Å². The van der Waals surface area contributed by atoms with E-state index in [1.165, 1.54) is 0 Å². The summed E-state index contributed by atoms with van der Waals surface area (Å²) >= 11 is 0.903. The summed E-state index contributed by atoms with van der Waals surface area (Å²) in [5.41, 5.74) is 2.67. The molecule has 0 aliphatic carbocycles. The van der Waals surface area contributed by atoms with Gasteiger partial charge < -0.3 is 5.32 Å². The zero-order valence-electron chi connectivity index (χ0n) is 14.3. The average Bonchev–Trinajstić information content (AvgIpc) is 2.89. The van der Waals surface area contributed by atoms with E-state index in [4.69, 9.17) is 0 Å². The molecule has 3 amide bonds. The quantitative estimate of drug-likeness (QED) is 0.811. The molecule has 1 heterocycles. The van der Waals surface area contributed by atoms with Crippen LogP contribution in [-0.2, 0) is 9.59 Å². The predicted molar refractivity (Wildman–Crippen MR) is 104 cm³/mol. The number of carbonyl (C=O) groups is 3. The summed E-state index contributed by atoms with van der Waals surface area (Å²) in [4.78, 5) is 38.1. The first-order valence-corrected chi connectivity index (χ1v) is 9.01. The Morgan fingerprint density at radius 3 is 2.46 bits per heavy atom. The standard InChI is InChI=1S/C20H18N2O3S/c1-14-7-9-15(10-8-14)13-17-19(24)22(20(25)26-17)12-11-18(23)21-16-5-3-2-4-6-16/h2-10,13H,11-12H2,1H3,(H,21,23)/b17-13-. The van der Waals surface area contributed by atoms with Gasteiger partial charge in [-0.25, -0.2) is 0 Å². The van der Waals surface area contributed by atoms with Gasteiger partial charge in [-0.05, 0) is 42.5 Å². The zero-order valence-corrected chi connectivity index (χ0v) is 15.1. The maximum absolute atomic E-state index is 12.4. The Labute approximate surface area is 156 Å². The topological polar surface area (TPSA) is 66.5 Å². The monoisotopic (exact) mass is 366 g/mol. The van der Waals surface area contributed by atoms with Crippen molar-refractivity contribution < 1.29 is 14.4 Å². The Kier molecular flexibility index (Phi) is 5.53. The minimum absolute atomic E-state index is 0.0603. The fourth-order valence-electron chi connectivity index (χ4n) is 2.47. The number of benzene rings is 2. The number of carbonyl (C=O) groups excluding carboxylic acids is 3. The fourth-order valence-corrected chi connectivity index (χ4v) is 3.33. The van der Waals surface area contributed by atoms with Crippen molar-refractivity contribution in [2.24, 2.45) is 0 Å². The van der Waals surface area contributed by atoms with E-state index in [0.717, 1.165) is 27.8 Å². The lowest BCUT2D eigenvalue weighted by Gasteiger charge is -2.12. The molecule has 2 aromatic carbocycles. The molecule has 132 valence electrons. The maximum Gasteiger partial charge on any atom is 0.293 e. The molecule has 0 saturated carbocycles. The molecule has 1 N–H and O–H groups in total. The molecule has 6 heteroatoms. The highest BCUT2D eigenvalue weighted by molar-refractivity contribution is 8.18. The van der Waals surface area contributed by atoms with Gasteiger partial charge in [0.15, 0.2) is 0 Å². The highest BCUT2D eigenvalue weighted by Gasteiger charge is 2.34. The van der Waals surface area contributed by atoms with Crippen LogP contribution in [0.4, 0.5) is 10.5 Å². The number of aryl methyl sites for hydroxylation is 1. The molecular weight excluding hydrogens is 348 g/mol. The van der Waals surface area contributed by atoms with E-state index >= 15 is 0 Å². The van der Waals surface area contributed by atoms with E-state index in [0.29, 0.717) is 10.6 Å². The molecule has 1 aliphatic heterocycles. The van der Waals surface area contributed by atoms with Crippen molar-refractivity contribution in [1.82, 2.24) is 4.90 Å². The molecule has 26 heavy (non-hydrogen) atoms. The van der Waals surface area contributed by atoms with Gasteiger partial charge in [-0.3, -0.25) is 19.3 Å². The lowest BCUT2D eigenvalue weighted by Crippen LogP contribution is -2.31. The van der Waals surface area contributed by atoms with Gasteiger partial charge in [0.2, 0.25) is 5.91 Å². The van der Waals surface area contributed by atoms with Gasteiger partial charge in [-0.1, -0.05) is 48.0 Å². The molecule has 0 atom stereocenters. The molecule has 5 nitrogen and oxygen atoms in total. The molecule has 3 rings (SSSR count). The van der Waals surface area contributed by atoms with Gasteiger partial charge in [0.1, 0.15) is 0 Å². The number of para-hydroxylation sites is 1. The van der Waals surface area contributed by atoms with E-state index in [9.17, 15) is 14.4 Å². The van der Waals surface area contributed by atoms with Crippen molar-refractivity contribution in [2.45, 2.75) is 13.3 Å². The van der Waals surface area contributed by atoms with Crippen molar-refractivity contribution in [3.63, 3.8) is 0 Å². The van der Waals surface area contributed by atoms with Gasteiger partial charge in [-0.2, -0.15) is 0 Å². The summed E-state index contributed by atoms with van der Waals surface area (Å²) in [7, 11) is 0. The number of imide groups is 1. The van der Waals surface area contributed by atoms with Crippen molar-refractivity contribution in [3.05, 3.63) is 70.6 Å².